The van der Waals surface area contributed by atoms with Gasteiger partial charge in [0, 0.05) is 19.2 Å². The molecule has 0 spiro atoms. The van der Waals surface area contributed by atoms with Gasteiger partial charge in [0.1, 0.15) is 5.71 Å². The molecule has 0 unspecified atom stereocenters. The second kappa shape index (κ2) is 11.2. The molecule has 0 aliphatic rings. The van der Waals surface area contributed by atoms with E-state index in [1.807, 2.05) is 6.92 Å². The van der Waals surface area contributed by atoms with E-state index in [0.29, 0.717) is 30.6 Å². The van der Waals surface area contributed by atoms with Crippen molar-refractivity contribution in [1.29, 1.82) is 0 Å². The summed E-state index contributed by atoms with van der Waals surface area (Å²) in [7, 11) is 0. The van der Waals surface area contributed by atoms with Crippen molar-refractivity contribution >= 4 is 17.9 Å². The Hall–Kier alpha value is -1.65. The summed E-state index contributed by atoms with van der Waals surface area (Å²) in [5.74, 6) is -0.248. The van der Waals surface area contributed by atoms with Crippen molar-refractivity contribution in [3.63, 3.8) is 0 Å². The Morgan fingerprint density at radius 2 is 1.90 bits per heavy atom. The number of nitrogens with one attached hydrogen (secondary N) is 1. The van der Waals surface area contributed by atoms with E-state index in [0.717, 1.165) is 32.1 Å². The van der Waals surface area contributed by atoms with Crippen LogP contribution < -0.4 is 11.1 Å². The van der Waals surface area contributed by atoms with E-state index in [9.17, 15) is 9.59 Å². The second-order valence-electron chi connectivity index (χ2n) is 4.78. The molecule has 1 amide bonds. The minimum absolute atomic E-state index is 0.232. The van der Waals surface area contributed by atoms with Crippen molar-refractivity contribution in [3.8, 4) is 0 Å². The first-order valence-corrected chi connectivity index (χ1v) is 7.32. The highest BCUT2D eigenvalue weighted by Gasteiger charge is 2.12. The third-order valence-corrected chi connectivity index (χ3v) is 2.80. The van der Waals surface area contributed by atoms with Crippen molar-refractivity contribution in [3.05, 3.63) is 11.4 Å². The number of nitrogens with zero attached hydrogens (tertiary/aromatic N) is 1. The Bertz CT molecular complexity index is 373. The Kier molecular flexibility index (Phi) is 10.3. The number of nitrogens with two attached hydrogens (primary N) is 1. The maximum Gasteiger partial charge on any atom is 0.221 e. The highest BCUT2D eigenvalue weighted by Crippen LogP contribution is 2.10. The summed E-state index contributed by atoms with van der Waals surface area (Å²) in [6.45, 7) is 6.05. The first-order chi connectivity index (χ1) is 9.56. The van der Waals surface area contributed by atoms with Gasteiger partial charge in [-0.05, 0) is 19.3 Å². The van der Waals surface area contributed by atoms with Crippen LogP contribution in [0.5, 0.6) is 0 Å². The van der Waals surface area contributed by atoms with Crippen LogP contribution in [0.2, 0.25) is 0 Å². The minimum atomic E-state index is -0.248. The zero-order chi connectivity index (χ0) is 15.4. The summed E-state index contributed by atoms with van der Waals surface area (Å²) in [6.07, 6.45) is 6.50. The predicted octanol–water partition coefficient (Wildman–Crippen LogP) is 2.31. The van der Waals surface area contributed by atoms with Gasteiger partial charge in [0.2, 0.25) is 5.91 Å². The van der Waals surface area contributed by atoms with Gasteiger partial charge < -0.3 is 11.1 Å². The van der Waals surface area contributed by atoms with E-state index >= 15 is 0 Å². The van der Waals surface area contributed by atoms with Gasteiger partial charge in [-0.3, -0.25) is 14.6 Å². The third kappa shape index (κ3) is 7.71. The standard InChI is InChI=1S/C15H27N3O2/c1-4-6-7-8-9-13(16)15(18-12(3)20)14(11-19)17-10-5-2/h11H,4-10,16H2,1-3H3,(H,18,20). The molecule has 0 atom stereocenters. The SMILES string of the molecule is CCCCCCC(N)=C(NC(C)=O)C(C=O)=NCCC. The summed E-state index contributed by atoms with van der Waals surface area (Å²) in [5, 5.41) is 2.63. The first-order valence-electron chi connectivity index (χ1n) is 7.32. The Labute approximate surface area is 121 Å². The number of unbranched alkanes of at least 4 members (excludes halogenated alkanes) is 3. The number of allylic oxidation sites excluding steroid dienone is 2. The Morgan fingerprint density at radius 3 is 2.40 bits per heavy atom. The molecular formula is C15H27N3O2. The fraction of sp³-hybridized carbons (Fsp3) is 0.667. The summed E-state index contributed by atoms with van der Waals surface area (Å²) in [6, 6.07) is 0. The van der Waals surface area contributed by atoms with E-state index < -0.39 is 0 Å². The molecule has 0 aliphatic carbocycles. The van der Waals surface area contributed by atoms with Crippen molar-refractivity contribution < 1.29 is 9.59 Å². The monoisotopic (exact) mass is 281 g/mol. The zero-order valence-corrected chi connectivity index (χ0v) is 12.9. The molecule has 0 aromatic rings. The van der Waals surface area contributed by atoms with Crippen molar-refractivity contribution in [2.75, 3.05) is 6.54 Å². The normalized spacial score (nSPS) is 12.8. The topological polar surface area (TPSA) is 84.5 Å². The van der Waals surface area contributed by atoms with Gasteiger partial charge in [-0.15, -0.1) is 0 Å². The molecule has 0 fully saturated rings. The Morgan fingerprint density at radius 1 is 1.20 bits per heavy atom. The lowest BCUT2D eigenvalue weighted by atomic mass is 10.1. The van der Waals surface area contributed by atoms with E-state index in [1.165, 1.54) is 6.92 Å². The maximum absolute atomic E-state index is 11.3. The highest BCUT2D eigenvalue weighted by atomic mass is 16.1. The number of rotatable bonds is 10. The van der Waals surface area contributed by atoms with Gasteiger partial charge in [0.15, 0.2) is 6.29 Å². The molecule has 3 N–H and O–H groups in total. The molecule has 0 saturated carbocycles. The van der Waals surface area contributed by atoms with Gasteiger partial charge in [-0.25, -0.2) is 0 Å². The third-order valence-electron chi connectivity index (χ3n) is 2.80. The summed E-state index contributed by atoms with van der Waals surface area (Å²) in [5.41, 5.74) is 7.15. The van der Waals surface area contributed by atoms with E-state index in [1.54, 1.807) is 0 Å². The number of carbonyl (C=O) groups excluding carboxylic acids is 2. The van der Waals surface area contributed by atoms with Crippen molar-refractivity contribution in [2.45, 2.75) is 59.3 Å². The quantitative estimate of drug-likeness (QED) is 0.366. The summed E-state index contributed by atoms with van der Waals surface area (Å²) < 4.78 is 0. The number of amides is 1. The molecule has 0 saturated heterocycles. The maximum atomic E-state index is 11.3. The molecule has 0 heterocycles. The molecule has 0 radical (unpaired) electrons. The van der Waals surface area contributed by atoms with E-state index in [4.69, 9.17) is 5.73 Å². The zero-order valence-electron chi connectivity index (χ0n) is 12.9. The highest BCUT2D eigenvalue weighted by molar-refractivity contribution is 6.36. The lowest BCUT2D eigenvalue weighted by molar-refractivity contribution is -0.118. The van der Waals surface area contributed by atoms with E-state index in [-0.39, 0.29) is 11.6 Å². The summed E-state index contributed by atoms with van der Waals surface area (Å²) in [4.78, 5) is 26.6. The molecule has 0 bridgehead atoms. The van der Waals surface area contributed by atoms with Crippen LogP contribution in [0.3, 0.4) is 0 Å². The van der Waals surface area contributed by atoms with Crippen LogP contribution in [-0.4, -0.2) is 24.4 Å². The number of hydrogen-bond donors (Lipinski definition) is 2. The largest absolute Gasteiger partial charge is 0.400 e. The average molecular weight is 281 g/mol. The van der Waals surface area contributed by atoms with Crippen LogP contribution in [-0.2, 0) is 9.59 Å². The fourth-order valence-corrected chi connectivity index (χ4v) is 1.76. The number of aliphatic imine (C=N–C) groups is 1. The molecule has 0 aromatic carbocycles. The van der Waals surface area contributed by atoms with Crippen LogP contribution in [0, 0.1) is 0 Å². The predicted molar refractivity (Wildman–Crippen MR) is 82.4 cm³/mol. The van der Waals surface area contributed by atoms with Crippen molar-refractivity contribution in [2.24, 2.45) is 10.7 Å². The van der Waals surface area contributed by atoms with Crippen LogP contribution in [0.4, 0.5) is 0 Å². The smallest absolute Gasteiger partial charge is 0.221 e. The first kappa shape index (κ1) is 18.4. The van der Waals surface area contributed by atoms with Crippen LogP contribution in [0.15, 0.2) is 16.4 Å². The molecule has 114 valence electrons. The van der Waals surface area contributed by atoms with Gasteiger partial charge in [-0.1, -0.05) is 33.1 Å². The second-order valence-corrected chi connectivity index (χ2v) is 4.78. The molecule has 5 heteroatoms. The Balaban J connectivity index is 4.98. The molecule has 0 aromatic heterocycles. The minimum Gasteiger partial charge on any atom is -0.400 e. The van der Waals surface area contributed by atoms with Gasteiger partial charge in [-0.2, -0.15) is 0 Å². The van der Waals surface area contributed by atoms with Gasteiger partial charge in [0.25, 0.3) is 0 Å². The van der Waals surface area contributed by atoms with Crippen molar-refractivity contribution in [1.82, 2.24) is 5.32 Å². The number of hydrogen-bond acceptors (Lipinski definition) is 4. The molecule has 20 heavy (non-hydrogen) atoms. The summed E-state index contributed by atoms with van der Waals surface area (Å²) >= 11 is 0. The lowest BCUT2D eigenvalue weighted by Crippen LogP contribution is -2.29. The van der Waals surface area contributed by atoms with Crippen LogP contribution in [0.1, 0.15) is 59.3 Å². The lowest BCUT2D eigenvalue weighted by Gasteiger charge is -2.12. The molecule has 0 aliphatic heterocycles. The van der Waals surface area contributed by atoms with Gasteiger partial charge in [0.05, 0.1) is 5.70 Å². The fourth-order valence-electron chi connectivity index (χ4n) is 1.76. The van der Waals surface area contributed by atoms with E-state index in [2.05, 4.69) is 17.2 Å². The molecular weight excluding hydrogens is 254 g/mol. The number of carbonyl (C=O) groups is 2. The molecule has 0 rings (SSSR count). The van der Waals surface area contributed by atoms with Gasteiger partial charge >= 0.3 is 0 Å². The number of aldehydes is 1. The molecule has 5 nitrogen and oxygen atoms in total. The van der Waals surface area contributed by atoms with Crippen LogP contribution >= 0.6 is 0 Å². The van der Waals surface area contributed by atoms with Crippen LogP contribution in [0.25, 0.3) is 0 Å². The average Bonchev–Trinajstić information content (AvgIpc) is 2.42.